The molecule has 1 heterocycles. The normalized spacial score (nSPS) is 11.8. The highest BCUT2D eigenvalue weighted by Gasteiger charge is 2.27. The fourth-order valence-electron chi connectivity index (χ4n) is 1.34. The molecule has 0 bridgehead atoms. The fourth-order valence-corrected chi connectivity index (χ4v) is 1.83. The third-order valence-electron chi connectivity index (χ3n) is 2.22. The molecule has 18 heavy (non-hydrogen) atoms. The lowest BCUT2D eigenvalue weighted by molar-refractivity contribution is -0.174. The first-order valence-electron chi connectivity index (χ1n) is 5.31. The highest BCUT2D eigenvalue weighted by atomic mass is 127. The van der Waals surface area contributed by atoms with E-state index in [-0.39, 0.29) is 12.2 Å². The number of aryl methyl sites for hydroxylation is 2. The Morgan fingerprint density at radius 3 is 2.72 bits per heavy atom. The number of halogens is 4. The van der Waals surface area contributed by atoms with E-state index in [9.17, 15) is 18.0 Å². The number of aromatic nitrogens is 1. The number of ether oxygens (including phenoxy) is 1. The van der Waals surface area contributed by atoms with Gasteiger partial charge in [0.2, 0.25) is 0 Å². The molecule has 1 aromatic rings. The predicted octanol–water partition coefficient (Wildman–Crippen LogP) is 2.73. The van der Waals surface area contributed by atoms with Gasteiger partial charge in [-0.1, -0.05) is 0 Å². The summed E-state index contributed by atoms with van der Waals surface area (Å²) in [7, 11) is 0. The maximum absolute atomic E-state index is 11.8. The van der Waals surface area contributed by atoms with Crippen LogP contribution in [0.5, 0.6) is 0 Å². The van der Waals surface area contributed by atoms with Crippen LogP contribution in [0.3, 0.4) is 0 Å². The number of alkyl halides is 3. The summed E-state index contributed by atoms with van der Waals surface area (Å²) in [6, 6.07) is 1.51. The smallest absolute Gasteiger partial charge is 0.372 e. The Balaban J connectivity index is 2.41. The molecule has 0 fully saturated rings. The van der Waals surface area contributed by atoms with Gasteiger partial charge in [-0.15, -0.1) is 0 Å². The summed E-state index contributed by atoms with van der Waals surface area (Å²) in [5.41, 5.74) is 0.744. The van der Waals surface area contributed by atoms with Gasteiger partial charge in [-0.25, -0.2) is 0 Å². The quantitative estimate of drug-likeness (QED) is 0.586. The van der Waals surface area contributed by atoms with Crippen molar-refractivity contribution < 1.29 is 17.9 Å². The molecular formula is C11H13F3INO2. The van der Waals surface area contributed by atoms with Crippen molar-refractivity contribution in [2.75, 3.05) is 13.2 Å². The van der Waals surface area contributed by atoms with Crippen molar-refractivity contribution in [1.29, 1.82) is 0 Å². The van der Waals surface area contributed by atoms with Gasteiger partial charge in [0.15, 0.2) is 0 Å². The van der Waals surface area contributed by atoms with E-state index in [2.05, 4.69) is 27.3 Å². The van der Waals surface area contributed by atoms with Gasteiger partial charge in [0.25, 0.3) is 5.56 Å². The summed E-state index contributed by atoms with van der Waals surface area (Å²) in [5, 5.41) is 0. The third-order valence-corrected chi connectivity index (χ3v) is 3.35. The summed E-state index contributed by atoms with van der Waals surface area (Å²) in [6.45, 7) is 0.927. The molecule has 0 radical (unpaired) electrons. The number of hydrogen-bond acceptors (Lipinski definition) is 2. The molecule has 0 aromatic carbocycles. The third kappa shape index (κ3) is 5.38. The largest absolute Gasteiger partial charge is 0.411 e. The second-order valence-electron chi connectivity index (χ2n) is 3.86. The van der Waals surface area contributed by atoms with Crippen LogP contribution >= 0.6 is 22.6 Å². The summed E-state index contributed by atoms with van der Waals surface area (Å²) in [5.74, 6) is 0. The zero-order valence-corrected chi connectivity index (χ0v) is 11.9. The molecule has 0 spiro atoms. The van der Waals surface area contributed by atoms with Crippen molar-refractivity contribution in [3.05, 3.63) is 31.8 Å². The zero-order chi connectivity index (χ0) is 13.8. The van der Waals surface area contributed by atoms with Crippen LogP contribution in [-0.4, -0.2) is 24.0 Å². The first-order chi connectivity index (χ1) is 8.29. The Hall–Kier alpha value is -0.570. The van der Waals surface area contributed by atoms with Crippen molar-refractivity contribution in [1.82, 2.24) is 4.57 Å². The maximum Gasteiger partial charge on any atom is 0.411 e. The van der Waals surface area contributed by atoms with E-state index in [1.807, 2.05) is 6.92 Å². The second kappa shape index (κ2) is 6.55. The van der Waals surface area contributed by atoms with Crippen molar-refractivity contribution >= 4 is 22.6 Å². The Bertz CT molecular complexity index is 457. The second-order valence-corrected chi connectivity index (χ2v) is 5.02. The van der Waals surface area contributed by atoms with Crippen LogP contribution in [0.15, 0.2) is 17.1 Å². The molecule has 0 aliphatic rings. The van der Waals surface area contributed by atoms with E-state index >= 15 is 0 Å². The van der Waals surface area contributed by atoms with Gasteiger partial charge in [-0.3, -0.25) is 4.79 Å². The molecule has 0 amide bonds. The molecule has 0 unspecified atom stereocenters. The Morgan fingerprint density at radius 2 is 2.11 bits per heavy atom. The minimum absolute atomic E-state index is 0.0175. The van der Waals surface area contributed by atoms with Gasteiger partial charge < -0.3 is 9.30 Å². The lowest BCUT2D eigenvalue weighted by Gasteiger charge is -2.09. The van der Waals surface area contributed by atoms with Gasteiger partial charge in [-0.2, -0.15) is 13.2 Å². The van der Waals surface area contributed by atoms with Crippen molar-refractivity contribution in [2.24, 2.45) is 0 Å². The van der Waals surface area contributed by atoms with Gasteiger partial charge in [0.1, 0.15) is 6.61 Å². The van der Waals surface area contributed by atoms with E-state index in [4.69, 9.17) is 0 Å². The minimum Gasteiger partial charge on any atom is -0.372 e. The average molecular weight is 375 g/mol. The van der Waals surface area contributed by atoms with E-state index in [1.54, 1.807) is 6.20 Å². The van der Waals surface area contributed by atoms with Gasteiger partial charge in [-0.05, 0) is 41.5 Å². The van der Waals surface area contributed by atoms with E-state index in [0.29, 0.717) is 13.0 Å². The number of hydrogen-bond donors (Lipinski definition) is 0. The molecule has 0 aliphatic carbocycles. The minimum atomic E-state index is -4.30. The number of rotatable bonds is 5. The van der Waals surface area contributed by atoms with E-state index in [1.165, 1.54) is 10.6 Å². The summed E-state index contributed by atoms with van der Waals surface area (Å²) in [6.07, 6.45) is -2.23. The van der Waals surface area contributed by atoms with Crippen LogP contribution in [0.1, 0.15) is 12.0 Å². The Morgan fingerprint density at radius 1 is 1.44 bits per heavy atom. The van der Waals surface area contributed by atoms with Crippen LogP contribution in [0.25, 0.3) is 0 Å². The molecule has 3 nitrogen and oxygen atoms in total. The average Bonchev–Trinajstić information content (AvgIpc) is 2.23. The summed E-state index contributed by atoms with van der Waals surface area (Å²) < 4.78 is 42.3. The monoisotopic (exact) mass is 375 g/mol. The van der Waals surface area contributed by atoms with Crippen LogP contribution in [-0.2, 0) is 11.3 Å². The summed E-state index contributed by atoms with van der Waals surface area (Å²) >= 11 is 2.11. The molecule has 0 atom stereocenters. The van der Waals surface area contributed by atoms with Crippen LogP contribution in [0.2, 0.25) is 0 Å². The topological polar surface area (TPSA) is 31.2 Å². The number of nitrogens with zero attached hydrogens (tertiary/aromatic N) is 1. The van der Waals surface area contributed by atoms with Crippen molar-refractivity contribution in [2.45, 2.75) is 26.1 Å². The first-order valence-corrected chi connectivity index (χ1v) is 6.38. The van der Waals surface area contributed by atoms with E-state index < -0.39 is 12.8 Å². The molecule has 102 valence electrons. The van der Waals surface area contributed by atoms with Gasteiger partial charge in [0.05, 0.1) is 0 Å². The van der Waals surface area contributed by atoms with E-state index in [0.717, 1.165) is 9.13 Å². The highest BCUT2D eigenvalue weighted by molar-refractivity contribution is 14.1. The first kappa shape index (κ1) is 15.5. The zero-order valence-electron chi connectivity index (χ0n) is 9.76. The SMILES string of the molecule is Cc1cc(=O)n(CCCOCC(F)(F)F)cc1I. The Labute approximate surface area is 116 Å². The molecule has 1 rings (SSSR count). The molecule has 1 aromatic heterocycles. The van der Waals surface area contributed by atoms with Crippen LogP contribution in [0.4, 0.5) is 13.2 Å². The van der Waals surface area contributed by atoms with Crippen LogP contribution < -0.4 is 5.56 Å². The van der Waals surface area contributed by atoms with Gasteiger partial charge >= 0.3 is 6.18 Å². The lowest BCUT2D eigenvalue weighted by atomic mass is 10.3. The Kier molecular flexibility index (Phi) is 5.64. The molecule has 0 saturated carbocycles. The molecule has 0 N–H and O–H groups in total. The standard InChI is InChI=1S/C11H13F3INO2/c1-8-5-10(17)16(6-9(8)15)3-2-4-18-7-11(12,13)14/h5-6H,2-4,7H2,1H3. The molecular weight excluding hydrogens is 362 g/mol. The highest BCUT2D eigenvalue weighted by Crippen LogP contribution is 2.14. The van der Waals surface area contributed by atoms with Gasteiger partial charge in [0, 0.05) is 29.0 Å². The van der Waals surface area contributed by atoms with Crippen LogP contribution in [0, 0.1) is 10.5 Å². The predicted molar refractivity (Wildman–Crippen MR) is 69.6 cm³/mol. The fraction of sp³-hybridized carbons (Fsp3) is 0.545. The lowest BCUT2D eigenvalue weighted by Crippen LogP contribution is -2.22. The van der Waals surface area contributed by atoms with Crippen molar-refractivity contribution in [3.8, 4) is 0 Å². The molecule has 0 aliphatic heterocycles. The van der Waals surface area contributed by atoms with Crippen molar-refractivity contribution in [3.63, 3.8) is 0 Å². The summed E-state index contributed by atoms with van der Waals surface area (Å²) in [4.78, 5) is 11.6. The number of pyridine rings is 1. The molecule has 7 heteroatoms. The molecule has 0 saturated heterocycles. The maximum atomic E-state index is 11.8.